The molecule has 1 aliphatic rings. The number of hydrogen-bond donors (Lipinski definition) is 2. The van der Waals surface area contributed by atoms with Crippen molar-refractivity contribution in [2.45, 2.75) is 18.5 Å². The Morgan fingerprint density at radius 1 is 1.18 bits per heavy atom. The lowest BCUT2D eigenvalue weighted by Gasteiger charge is -2.26. The molecule has 2 N–H and O–H groups in total. The average molecular weight is 395 g/mol. The molecule has 0 bridgehead atoms. The molecule has 1 aliphatic heterocycles. The van der Waals surface area contributed by atoms with Crippen LogP contribution in [0.25, 0.3) is 0 Å². The summed E-state index contributed by atoms with van der Waals surface area (Å²) in [5.74, 6) is -2.65. The lowest BCUT2D eigenvalue weighted by Crippen LogP contribution is -2.31. The van der Waals surface area contributed by atoms with Crippen LogP contribution in [0.15, 0.2) is 36.4 Å². The molecule has 5 nitrogen and oxygen atoms in total. The van der Waals surface area contributed by atoms with Gasteiger partial charge in [0.05, 0.1) is 22.9 Å². The van der Waals surface area contributed by atoms with Crippen LogP contribution in [0.5, 0.6) is 0 Å². The molecule has 1 heterocycles. The Morgan fingerprint density at radius 2 is 1.89 bits per heavy atom. The van der Waals surface area contributed by atoms with E-state index in [1.165, 1.54) is 12.1 Å². The van der Waals surface area contributed by atoms with Gasteiger partial charge in [-0.1, -0.05) is 6.07 Å². The Balaban J connectivity index is 1.96. The van der Waals surface area contributed by atoms with Gasteiger partial charge < -0.3 is 15.5 Å². The predicted octanol–water partition coefficient (Wildman–Crippen LogP) is 3.98. The molecular formula is C19H17F4N3O2. The Hall–Kier alpha value is -3.10. The van der Waals surface area contributed by atoms with E-state index in [-0.39, 0.29) is 17.8 Å². The van der Waals surface area contributed by atoms with Crippen molar-refractivity contribution in [3.05, 3.63) is 53.3 Å². The van der Waals surface area contributed by atoms with Gasteiger partial charge in [-0.15, -0.1) is 0 Å². The lowest BCUT2D eigenvalue weighted by atomic mass is 9.89. The van der Waals surface area contributed by atoms with Gasteiger partial charge >= 0.3 is 6.18 Å². The Labute approximate surface area is 158 Å². The maximum absolute atomic E-state index is 13.4. The molecular weight excluding hydrogens is 378 g/mol. The van der Waals surface area contributed by atoms with Crippen LogP contribution in [0.3, 0.4) is 0 Å². The highest BCUT2D eigenvalue weighted by Gasteiger charge is 2.33. The highest BCUT2D eigenvalue weighted by atomic mass is 19.4. The maximum Gasteiger partial charge on any atom is 0.416 e. The van der Waals surface area contributed by atoms with Crippen LogP contribution in [0, 0.1) is 5.82 Å². The number of alkyl halides is 3. The van der Waals surface area contributed by atoms with Crippen molar-refractivity contribution in [2.24, 2.45) is 0 Å². The van der Waals surface area contributed by atoms with Gasteiger partial charge in [0, 0.05) is 26.2 Å². The van der Waals surface area contributed by atoms with E-state index in [9.17, 15) is 27.2 Å². The number of benzene rings is 2. The number of carbonyl (C=O) groups excluding carboxylic acids is 2. The minimum Gasteiger partial charge on any atom is -0.376 e. The second-order valence-electron chi connectivity index (χ2n) is 6.65. The molecule has 1 atom stereocenters. The molecule has 0 saturated heterocycles. The van der Waals surface area contributed by atoms with Crippen molar-refractivity contribution in [3.63, 3.8) is 0 Å². The van der Waals surface area contributed by atoms with Gasteiger partial charge in [0.2, 0.25) is 11.8 Å². The van der Waals surface area contributed by atoms with Gasteiger partial charge in [-0.3, -0.25) is 9.59 Å². The highest BCUT2D eigenvalue weighted by molar-refractivity contribution is 6.06. The standard InChI is InChI=1S/C19H17F4N3O2/c1-26(2)16-6-3-10(19(21,22)23)7-15(16)25-18(28)13-9-17(27)24-14-8-11(20)4-5-12(13)14/h3-8,13H,9H2,1-2H3,(H,24,27)(H,25,28). The molecule has 0 spiro atoms. The van der Waals surface area contributed by atoms with Gasteiger partial charge in [0.15, 0.2) is 0 Å². The third kappa shape index (κ3) is 3.92. The molecule has 2 aromatic rings. The zero-order valence-electron chi connectivity index (χ0n) is 15.0. The molecule has 9 heteroatoms. The SMILES string of the molecule is CN(C)c1ccc(C(F)(F)F)cc1NC(=O)C1CC(=O)Nc2cc(F)ccc21. The van der Waals surface area contributed by atoms with E-state index < -0.39 is 35.3 Å². The monoisotopic (exact) mass is 395 g/mol. The topological polar surface area (TPSA) is 61.4 Å². The summed E-state index contributed by atoms with van der Waals surface area (Å²) in [5, 5.41) is 4.99. The first kappa shape index (κ1) is 19.7. The molecule has 2 amide bonds. The molecule has 0 radical (unpaired) electrons. The second-order valence-corrected chi connectivity index (χ2v) is 6.65. The van der Waals surface area contributed by atoms with E-state index in [4.69, 9.17) is 0 Å². The van der Waals surface area contributed by atoms with Crippen molar-refractivity contribution in [1.82, 2.24) is 0 Å². The fourth-order valence-corrected chi connectivity index (χ4v) is 3.09. The van der Waals surface area contributed by atoms with E-state index in [1.54, 1.807) is 19.0 Å². The summed E-state index contributed by atoms with van der Waals surface area (Å²) < 4.78 is 52.6. The summed E-state index contributed by atoms with van der Waals surface area (Å²) in [6.45, 7) is 0. The largest absolute Gasteiger partial charge is 0.416 e. The van der Waals surface area contributed by atoms with E-state index >= 15 is 0 Å². The molecule has 0 saturated carbocycles. The number of nitrogens with one attached hydrogen (secondary N) is 2. The van der Waals surface area contributed by atoms with Crippen molar-refractivity contribution in [3.8, 4) is 0 Å². The number of amides is 2. The van der Waals surface area contributed by atoms with Gasteiger partial charge in [-0.25, -0.2) is 4.39 Å². The van der Waals surface area contributed by atoms with Crippen molar-refractivity contribution in [1.29, 1.82) is 0 Å². The van der Waals surface area contributed by atoms with Crippen LogP contribution in [-0.2, 0) is 15.8 Å². The minimum atomic E-state index is -4.57. The third-order valence-electron chi connectivity index (χ3n) is 4.43. The van der Waals surface area contributed by atoms with E-state index in [2.05, 4.69) is 10.6 Å². The van der Waals surface area contributed by atoms with Crippen LogP contribution >= 0.6 is 0 Å². The quantitative estimate of drug-likeness (QED) is 0.773. The van der Waals surface area contributed by atoms with Crippen LogP contribution in [0.1, 0.15) is 23.5 Å². The molecule has 28 heavy (non-hydrogen) atoms. The first-order valence-electron chi connectivity index (χ1n) is 8.35. The van der Waals surface area contributed by atoms with Gasteiger partial charge in [-0.2, -0.15) is 13.2 Å². The molecule has 148 valence electrons. The zero-order chi connectivity index (χ0) is 20.6. The first-order chi connectivity index (χ1) is 13.1. The second kappa shape index (κ2) is 7.14. The van der Waals surface area contributed by atoms with Gasteiger partial charge in [0.1, 0.15) is 5.82 Å². The smallest absolute Gasteiger partial charge is 0.376 e. The van der Waals surface area contributed by atoms with Crippen molar-refractivity contribution in [2.75, 3.05) is 29.6 Å². The Kier molecular flexibility index (Phi) is 5.01. The van der Waals surface area contributed by atoms with Crippen molar-refractivity contribution >= 4 is 28.9 Å². The number of halogens is 4. The average Bonchev–Trinajstić information content (AvgIpc) is 2.59. The Morgan fingerprint density at radius 3 is 2.54 bits per heavy atom. The molecule has 3 rings (SSSR count). The van der Waals surface area contributed by atoms with E-state index in [0.29, 0.717) is 11.3 Å². The fourth-order valence-electron chi connectivity index (χ4n) is 3.09. The lowest BCUT2D eigenvalue weighted by molar-refractivity contribution is -0.137. The summed E-state index contributed by atoms with van der Waals surface area (Å²) >= 11 is 0. The zero-order valence-corrected chi connectivity index (χ0v) is 15.0. The van der Waals surface area contributed by atoms with Crippen LogP contribution in [0.2, 0.25) is 0 Å². The van der Waals surface area contributed by atoms with Gasteiger partial charge in [0.25, 0.3) is 0 Å². The highest BCUT2D eigenvalue weighted by Crippen LogP contribution is 2.37. The molecule has 2 aromatic carbocycles. The van der Waals surface area contributed by atoms with E-state index in [0.717, 1.165) is 24.3 Å². The fraction of sp³-hybridized carbons (Fsp3) is 0.263. The maximum atomic E-state index is 13.4. The van der Waals surface area contributed by atoms with Crippen molar-refractivity contribution < 1.29 is 27.2 Å². The number of hydrogen-bond acceptors (Lipinski definition) is 3. The van der Waals surface area contributed by atoms with E-state index in [1.807, 2.05) is 0 Å². The van der Waals surface area contributed by atoms with Crippen LogP contribution in [0.4, 0.5) is 34.6 Å². The van der Waals surface area contributed by atoms with Crippen LogP contribution in [-0.4, -0.2) is 25.9 Å². The number of carbonyl (C=O) groups is 2. The summed E-state index contributed by atoms with van der Waals surface area (Å²) in [7, 11) is 3.26. The molecule has 0 aliphatic carbocycles. The number of rotatable bonds is 3. The number of nitrogens with zero attached hydrogens (tertiary/aromatic N) is 1. The molecule has 1 unspecified atom stereocenters. The summed E-state index contributed by atoms with van der Waals surface area (Å²) in [5.41, 5.74) is 0.0165. The molecule has 0 fully saturated rings. The summed E-state index contributed by atoms with van der Waals surface area (Å²) in [6, 6.07) is 6.68. The summed E-state index contributed by atoms with van der Waals surface area (Å²) in [6.07, 6.45) is -4.76. The third-order valence-corrected chi connectivity index (χ3v) is 4.43. The molecule has 0 aromatic heterocycles. The van der Waals surface area contributed by atoms with Crippen LogP contribution < -0.4 is 15.5 Å². The summed E-state index contributed by atoms with van der Waals surface area (Å²) in [4.78, 5) is 26.3. The Bertz CT molecular complexity index is 941. The number of fused-ring (bicyclic) bond motifs is 1. The normalized spacial score (nSPS) is 16.2. The van der Waals surface area contributed by atoms with Gasteiger partial charge in [-0.05, 0) is 35.9 Å². The minimum absolute atomic E-state index is 0.0283. The first-order valence-corrected chi connectivity index (χ1v) is 8.35. The number of anilines is 3. The predicted molar refractivity (Wildman–Crippen MR) is 96.8 cm³/mol.